The van der Waals surface area contributed by atoms with E-state index < -0.39 is 10.0 Å². The van der Waals surface area contributed by atoms with Gasteiger partial charge in [0.25, 0.3) is 5.91 Å². The molecule has 1 amide bonds. The van der Waals surface area contributed by atoms with E-state index >= 15 is 0 Å². The van der Waals surface area contributed by atoms with E-state index in [1.54, 1.807) is 30.3 Å². The number of piperidine rings is 2. The predicted octanol–water partition coefficient (Wildman–Crippen LogP) is 3.82. The maximum atomic E-state index is 14.5. The van der Waals surface area contributed by atoms with Crippen LogP contribution in [0.25, 0.3) is 0 Å². The normalized spacial score (nSPS) is 25.3. The molecule has 3 saturated heterocycles. The fraction of sp³-hybridized carbons (Fsp3) is 0.688. The van der Waals surface area contributed by atoms with Gasteiger partial charge in [0.1, 0.15) is 5.82 Å². The number of carbonyl (C=O) groups excluding carboxylic acids is 1. The number of hydrogen-bond acceptors (Lipinski definition) is 7. The van der Waals surface area contributed by atoms with Gasteiger partial charge in [0.2, 0.25) is 10.0 Å². The first-order valence-electron chi connectivity index (χ1n) is 16.2. The standard InChI is InChI=1S/C32H47FN6O4S/c1-22-21-36(32(4)12-16-35(17-13-32)31(40)29-23(2)34-39(41)24(29)3)18-19-38(22)30(26-6-5-7-27(33)20-26)25-10-14-37(15-11-25)44(42,43)28-8-9-28/h5-7,20,22,25,28,30,41H,8-19,21H2,1-4H3/t22-,30?/m0/s1. The molecule has 12 heteroatoms. The fourth-order valence-electron chi connectivity index (χ4n) is 7.93. The largest absolute Gasteiger partial charge is 0.411 e. The molecule has 10 nitrogen and oxygen atoms in total. The number of likely N-dealkylation sites (tertiary alicyclic amines) is 1. The first-order chi connectivity index (χ1) is 20.9. The first kappa shape index (κ1) is 31.4. The predicted molar refractivity (Wildman–Crippen MR) is 166 cm³/mol. The SMILES string of the molecule is Cc1nn(O)c(C)c1C(=O)N1CCC(C)(N2CCN(C(c3cccc(F)c3)C3CCN(S(=O)(=O)C4CC4)CC3)[C@@H](C)C2)CC1. The molecule has 1 aromatic carbocycles. The molecule has 44 heavy (non-hydrogen) atoms. The topological polar surface area (TPSA) is 102 Å². The van der Waals surface area contributed by atoms with E-state index in [1.165, 1.54) is 6.07 Å². The molecule has 4 fully saturated rings. The molecule has 3 aliphatic heterocycles. The molecule has 0 spiro atoms. The van der Waals surface area contributed by atoms with E-state index in [0.717, 1.165) is 68.6 Å². The number of sulfonamides is 1. The minimum Gasteiger partial charge on any atom is -0.411 e. The van der Waals surface area contributed by atoms with Crippen molar-refractivity contribution in [2.45, 2.75) is 89.1 Å². The summed E-state index contributed by atoms with van der Waals surface area (Å²) in [6.45, 7) is 13.0. The Kier molecular flexibility index (Phi) is 8.57. The van der Waals surface area contributed by atoms with E-state index in [2.05, 4.69) is 28.7 Å². The Morgan fingerprint density at radius 3 is 2.30 bits per heavy atom. The van der Waals surface area contributed by atoms with Crippen molar-refractivity contribution in [2.24, 2.45) is 5.92 Å². The number of halogens is 1. The molecule has 2 aromatic rings. The highest BCUT2D eigenvalue weighted by Gasteiger charge is 2.45. The molecule has 6 rings (SSSR count). The highest BCUT2D eigenvalue weighted by Crippen LogP contribution is 2.41. The van der Waals surface area contributed by atoms with Gasteiger partial charge in [0, 0.05) is 63.4 Å². The fourth-order valence-corrected chi connectivity index (χ4v) is 9.80. The molecule has 1 unspecified atom stereocenters. The minimum absolute atomic E-state index is 0.0276. The Bertz CT molecular complexity index is 1480. The van der Waals surface area contributed by atoms with Crippen molar-refractivity contribution in [1.82, 2.24) is 28.9 Å². The second-order valence-electron chi connectivity index (χ2n) is 13.7. The number of aromatic nitrogens is 2. The summed E-state index contributed by atoms with van der Waals surface area (Å²) in [5, 5.41) is 13.7. The van der Waals surface area contributed by atoms with Gasteiger partial charge < -0.3 is 10.1 Å². The third kappa shape index (κ3) is 5.90. The third-order valence-electron chi connectivity index (χ3n) is 10.9. The van der Waals surface area contributed by atoms with E-state index in [-0.39, 0.29) is 40.5 Å². The molecule has 0 bridgehead atoms. The van der Waals surface area contributed by atoms with Crippen LogP contribution in [-0.2, 0) is 10.0 Å². The van der Waals surface area contributed by atoms with Gasteiger partial charge in [0.15, 0.2) is 0 Å². The number of piperazine rings is 1. The van der Waals surface area contributed by atoms with Crippen LogP contribution in [0, 0.1) is 25.6 Å². The van der Waals surface area contributed by atoms with Crippen molar-refractivity contribution in [1.29, 1.82) is 0 Å². The molecule has 4 aliphatic rings. The van der Waals surface area contributed by atoms with Gasteiger partial charge >= 0.3 is 0 Å². The van der Waals surface area contributed by atoms with Crippen LogP contribution >= 0.6 is 0 Å². The second-order valence-corrected chi connectivity index (χ2v) is 16.0. The average Bonchev–Trinajstić information content (AvgIpc) is 3.82. The number of hydrogen-bond donors (Lipinski definition) is 1. The Morgan fingerprint density at radius 1 is 1.05 bits per heavy atom. The van der Waals surface area contributed by atoms with E-state index in [9.17, 15) is 22.8 Å². The molecule has 1 N–H and O–H groups in total. The van der Waals surface area contributed by atoms with Gasteiger partial charge in [-0.05, 0) is 89.8 Å². The lowest BCUT2D eigenvalue weighted by Gasteiger charge is -2.54. The summed E-state index contributed by atoms with van der Waals surface area (Å²) in [4.78, 5) is 21.1. The zero-order valence-electron chi connectivity index (χ0n) is 26.5. The van der Waals surface area contributed by atoms with Crippen LogP contribution in [0.2, 0.25) is 0 Å². The van der Waals surface area contributed by atoms with Crippen molar-refractivity contribution < 1.29 is 22.8 Å². The summed E-state index contributed by atoms with van der Waals surface area (Å²) < 4.78 is 42.0. The Morgan fingerprint density at radius 2 is 1.73 bits per heavy atom. The highest BCUT2D eigenvalue weighted by molar-refractivity contribution is 7.90. The summed E-state index contributed by atoms with van der Waals surface area (Å²) in [6, 6.07) is 7.22. The van der Waals surface area contributed by atoms with Gasteiger partial charge in [0.05, 0.1) is 22.2 Å². The van der Waals surface area contributed by atoms with E-state index in [0.29, 0.717) is 43.1 Å². The molecule has 1 saturated carbocycles. The minimum atomic E-state index is -3.19. The molecule has 1 aliphatic carbocycles. The Balaban J connectivity index is 1.12. The Labute approximate surface area is 260 Å². The molecule has 242 valence electrons. The molecule has 1 aromatic heterocycles. The van der Waals surface area contributed by atoms with Crippen LogP contribution < -0.4 is 0 Å². The number of nitrogens with zero attached hydrogens (tertiary/aromatic N) is 6. The number of aryl methyl sites for hydroxylation is 1. The zero-order chi connectivity index (χ0) is 31.4. The maximum Gasteiger partial charge on any atom is 0.257 e. The second kappa shape index (κ2) is 12.0. The number of rotatable bonds is 7. The highest BCUT2D eigenvalue weighted by atomic mass is 32.2. The van der Waals surface area contributed by atoms with Crippen molar-refractivity contribution >= 4 is 15.9 Å². The summed E-state index contributed by atoms with van der Waals surface area (Å²) in [7, 11) is -3.19. The lowest BCUT2D eigenvalue weighted by atomic mass is 9.82. The zero-order valence-corrected chi connectivity index (χ0v) is 27.3. The lowest BCUT2D eigenvalue weighted by Crippen LogP contribution is -2.63. The third-order valence-corrected chi connectivity index (χ3v) is 13.2. The van der Waals surface area contributed by atoms with Crippen molar-refractivity contribution in [3.05, 3.63) is 52.6 Å². The van der Waals surface area contributed by atoms with Gasteiger partial charge in [-0.1, -0.05) is 12.1 Å². The van der Waals surface area contributed by atoms with Gasteiger partial charge in [-0.25, -0.2) is 17.1 Å². The van der Waals surface area contributed by atoms with Crippen LogP contribution in [0.15, 0.2) is 24.3 Å². The summed E-state index contributed by atoms with van der Waals surface area (Å²) in [6.07, 6.45) is 4.82. The summed E-state index contributed by atoms with van der Waals surface area (Å²) in [5.41, 5.74) is 2.42. The quantitative estimate of drug-likeness (QED) is 0.464. The molecule has 4 heterocycles. The van der Waals surface area contributed by atoms with E-state index in [1.807, 2.05) is 11.0 Å². The number of amides is 1. The number of carbonyl (C=O) groups is 1. The summed E-state index contributed by atoms with van der Waals surface area (Å²) >= 11 is 0. The number of benzene rings is 1. The lowest BCUT2D eigenvalue weighted by molar-refractivity contribution is -0.0422. The van der Waals surface area contributed by atoms with Crippen molar-refractivity contribution in [3.63, 3.8) is 0 Å². The smallest absolute Gasteiger partial charge is 0.257 e. The van der Waals surface area contributed by atoms with Crippen molar-refractivity contribution in [3.8, 4) is 0 Å². The molecule has 0 radical (unpaired) electrons. The molecular weight excluding hydrogens is 583 g/mol. The van der Waals surface area contributed by atoms with Crippen LogP contribution in [-0.4, -0.2) is 111 Å². The maximum absolute atomic E-state index is 14.5. The van der Waals surface area contributed by atoms with Crippen LogP contribution in [0.1, 0.15) is 85.7 Å². The first-order valence-corrected chi connectivity index (χ1v) is 17.7. The average molecular weight is 631 g/mol. The summed E-state index contributed by atoms with van der Waals surface area (Å²) in [5.74, 6) is -0.0657. The van der Waals surface area contributed by atoms with Gasteiger partial charge in [-0.2, -0.15) is 0 Å². The van der Waals surface area contributed by atoms with E-state index in [4.69, 9.17) is 0 Å². The van der Waals surface area contributed by atoms with Crippen LogP contribution in [0.3, 0.4) is 0 Å². The van der Waals surface area contributed by atoms with Crippen molar-refractivity contribution in [2.75, 3.05) is 45.8 Å². The van der Waals surface area contributed by atoms with Gasteiger partial charge in [-0.15, -0.1) is 9.94 Å². The Hall–Kier alpha value is -2.54. The van der Waals surface area contributed by atoms with Gasteiger partial charge in [-0.3, -0.25) is 14.6 Å². The van der Waals surface area contributed by atoms with Crippen LogP contribution in [0.4, 0.5) is 4.39 Å². The molecular formula is C32H47FN6O4S. The van der Waals surface area contributed by atoms with Crippen LogP contribution in [0.5, 0.6) is 0 Å². The molecule has 2 atom stereocenters. The monoisotopic (exact) mass is 630 g/mol.